The van der Waals surface area contributed by atoms with Crippen molar-refractivity contribution in [1.82, 2.24) is 10.3 Å². The van der Waals surface area contributed by atoms with Crippen molar-refractivity contribution in [2.24, 2.45) is 4.99 Å². The van der Waals surface area contributed by atoms with Crippen molar-refractivity contribution < 1.29 is 19.0 Å². The number of ether oxygens (including phenoxy) is 3. The predicted molar refractivity (Wildman–Crippen MR) is 120 cm³/mol. The van der Waals surface area contributed by atoms with Crippen LogP contribution < -0.4 is 15.0 Å². The Morgan fingerprint density at radius 2 is 2.13 bits per heavy atom. The lowest BCUT2D eigenvalue weighted by Gasteiger charge is -2.29. The molecule has 1 N–H and O–H groups in total. The van der Waals surface area contributed by atoms with Gasteiger partial charge in [-0.15, -0.1) is 0 Å². The predicted octanol–water partition coefficient (Wildman–Crippen LogP) is 2.97. The lowest BCUT2D eigenvalue weighted by atomic mass is 10.1. The number of amides is 1. The maximum absolute atomic E-state index is 11.4. The molecule has 8 nitrogen and oxygen atoms in total. The number of hydrogen-bond donors (Lipinski definition) is 1. The minimum atomic E-state index is -0.452. The van der Waals surface area contributed by atoms with Crippen molar-refractivity contribution in [3.8, 4) is 5.88 Å². The van der Waals surface area contributed by atoms with Crippen molar-refractivity contribution in [2.75, 3.05) is 51.0 Å². The Hall–Kier alpha value is -3.13. The zero-order valence-electron chi connectivity index (χ0n) is 18.2. The van der Waals surface area contributed by atoms with Gasteiger partial charge in [-0.3, -0.25) is 4.99 Å². The minimum Gasteiger partial charge on any atom is -0.476 e. The van der Waals surface area contributed by atoms with Gasteiger partial charge in [-0.1, -0.05) is 29.8 Å². The van der Waals surface area contributed by atoms with Crippen molar-refractivity contribution in [1.29, 1.82) is 0 Å². The Morgan fingerprint density at radius 3 is 2.90 bits per heavy atom. The van der Waals surface area contributed by atoms with Crippen molar-refractivity contribution in [3.05, 3.63) is 53.2 Å². The largest absolute Gasteiger partial charge is 0.476 e. The van der Waals surface area contributed by atoms with Crippen LogP contribution in [-0.2, 0) is 16.0 Å². The average molecular weight is 427 g/mol. The normalized spacial score (nSPS) is 13.9. The van der Waals surface area contributed by atoms with E-state index in [1.165, 1.54) is 5.56 Å². The molecule has 0 atom stereocenters. The SMILES string of the molecule is CCOC(=O)NCCOc1cc(N2CCOCC2)cc(CN=Cc2cccc(C)c2)n1. The van der Waals surface area contributed by atoms with E-state index < -0.39 is 6.09 Å². The van der Waals surface area contributed by atoms with Gasteiger partial charge in [-0.05, 0) is 25.5 Å². The number of aryl methyl sites for hydroxylation is 1. The number of carbonyl (C=O) groups excluding carboxylic acids is 1. The van der Waals surface area contributed by atoms with Crippen LogP contribution in [0.2, 0.25) is 0 Å². The van der Waals surface area contributed by atoms with Gasteiger partial charge in [0.05, 0.1) is 38.6 Å². The monoisotopic (exact) mass is 426 g/mol. The molecule has 0 aliphatic carbocycles. The van der Waals surface area contributed by atoms with E-state index in [2.05, 4.69) is 39.2 Å². The summed E-state index contributed by atoms with van der Waals surface area (Å²) in [6.07, 6.45) is 1.41. The van der Waals surface area contributed by atoms with Crippen molar-refractivity contribution in [3.63, 3.8) is 0 Å². The van der Waals surface area contributed by atoms with Crippen LogP contribution in [0.3, 0.4) is 0 Å². The number of aromatic nitrogens is 1. The molecule has 2 aromatic rings. The fourth-order valence-electron chi connectivity index (χ4n) is 3.19. The highest BCUT2D eigenvalue weighted by atomic mass is 16.5. The first-order valence-corrected chi connectivity index (χ1v) is 10.6. The van der Waals surface area contributed by atoms with E-state index in [1.807, 2.05) is 30.5 Å². The Kier molecular flexibility index (Phi) is 8.66. The molecule has 1 fully saturated rings. The molecule has 166 valence electrons. The van der Waals surface area contributed by atoms with Crippen molar-refractivity contribution >= 4 is 18.0 Å². The number of alkyl carbamates (subject to hydrolysis) is 1. The molecule has 1 saturated heterocycles. The molecule has 0 unspecified atom stereocenters. The van der Waals surface area contributed by atoms with Crippen LogP contribution in [0.5, 0.6) is 5.88 Å². The van der Waals surface area contributed by atoms with Gasteiger partial charge in [0, 0.05) is 31.1 Å². The summed E-state index contributed by atoms with van der Waals surface area (Å²) in [5.74, 6) is 0.510. The van der Waals surface area contributed by atoms with Crippen LogP contribution in [0.4, 0.5) is 10.5 Å². The number of morpholine rings is 1. The van der Waals surface area contributed by atoms with Gasteiger partial charge < -0.3 is 24.4 Å². The summed E-state index contributed by atoms with van der Waals surface area (Å²) in [4.78, 5) is 22.8. The van der Waals surface area contributed by atoms with Gasteiger partial charge in [0.25, 0.3) is 0 Å². The molecule has 1 aromatic carbocycles. The molecule has 1 aliphatic rings. The molecule has 0 spiro atoms. The second-order valence-electron chi connectivity index (χ2n) is 7.13. The molecular formula is C23H30N4O4. The van der Waals surface area contributed by atoms with E-state index in [0.717, 1.165) is 30.0 Å². The number of nitrogens with one attached hydrogen (secondary N) is 1. The molecule has 31 heavy (non-hydrogen) atoms. The third kappa shape index (κ3) is 7.57. The van der Waals surface area contributed by atoms with Gasteiger partial charge in [-0.25, -0.2) is 9.78 Å². The Balaban J connectivity index is 1.66. The maximum atomic E-state index is 11.4. The topological polar surface area (TPSA) is 85.3 Å². The van der Waals surface area contributed by atoms with E-state index in [0.29, 0.717) is 45.4 Å². The highest BCUT2D eigenvalue weighted by Gasteiger charge is 2.14. The minimum absolute atomic E-state index is 0.296. The Bertz CT molecular complexity index is 882. The first kappa shape index (κ1) is 22.6. The van der Waals surface area contributed by atoms with Crippen LogP contribution in [0, 0.1) is 6.92 Å². The highest BCUT2D eigenvalue weighted by Crippen LogP contribution is 2.23. The number of benzene rings is 1. The van der Waals surface area contributed by atoms with Gasteiger partial charge in [0.2, 0.25) is 5.88 Å². The van der Waals surface area contributed by atoms with E-state index in [9.17, 15) is 4.79 Å². The smallest absolute Gasteiger partial charge is 0.407 e. The number of pyridine rings is 1. The van der Waals surface area contributed by atoms with E-state index >= 15 is 0 Å². The summed E-state index contributed by atoms with van der Waals surface area (Å²) in [7, 11) is 0. The number of carbonyl (C=O) groups is 1. The summed E-state index contributed by atoms with van der Waals surface area (Å²) < 4.78 is 16.1. The van der Waals surface area contributed by atoms with Crippen LogP contribution in [0.15, 0.2) is 41.4 Å². The van der Waals surface area contributed by atoms with Gasteiger partial charge in [0.1, 0.15) is 6.61 Å². The van der Waals surface area contributed by atoms with Gasteiger partial charge in [-0.2, -0.15) is 0 Å². The zero-order valence-corrected chi connectivity index (χ0v) is 18.2. The highest BCUT2D eigenvalue weighted by molar-refractivity contribution is 5.79. The lowest BCUT2D eigenvalue weighted by Crippen LogP contribution is -2.36. The number of nitrogens with zero attached hydrogens (tertiary/aromatic N) is 3. The number of hydrogen-bond acceptors (Lipinski definition) is 7. The van der Waals surface area contributed by atoms with Crippen LogP contribution in [-0.4, -0.2) is 63.4 Å². The standard InChI is InChI=1S/C23H30N4O4/c1-3-30-23(28)25-7-10-31-22-15-21(27-8-11-29-12-9-27)14-20(26-22)17-24-16-19-6-4-5-18(2)13-19/h4-6,13-16H,3,7-12,17H2,1-2H3,(H,25,28). The lowest BCUT2D eigenvalue weighted by molar-refractivity contribution is 0.122. The molecule has 2 heterocycles. The fraction of sp³-hybridized carbons (Fsp3) is 0.435. The van der Waals surface area contributed by atoms with Gasteiger partial charge >= 0.3 is 6.09 Å². The summed E-state index contributed by atoms with van der Waals surface area (Å²) in [6.45, 7) is 8.27. The molecule has 0 radical (unpaired) electrons. The van der Waals surface area contributed by atoms with E-state index in [1.54, 1.807) is 6.92 Å². The second kappa shape index (κ2) is 11.9. The molecule has 8 heteroatoms. The van der Waals surface area contributed by atoms with E-state index in [4.69, 9.17) is 14.2 Å². The van der Waals surface area contributed by atoms with Crippen LogP contribution in [0.1, 0.15) is 23.7 Å². The molecule has 0 saturated carbocycles. The third-order valence-corrected chi connectivity index (χ3v) is 4.65. The fourth-order valence-corrected chi connectivity index (χ4v) is 3.19. The Morgan fingerprint density at radius 1 is 1.29 bits per heavy atom. The molecular weight excluding hydrogens is 396 g/mol. The third-order valence-electron chi connectivity index (χ3n) is 4.65. The van der Waals surface area contributed by atoms with Crippen LogP contribution in [0.25, 0.3) is 0 Å². The molecule has 1 aliphatic heterocycles. The number of anilines is 1. The summed E-state index contributed by atoms with van der Waals surface area (Å²) in [5, 5.41) is 2.64. The summed E-state index contributed by atoms with van der Waals surface area (Å²) >= 11 is 0. The number of aliphatic imine (C=N–C) groups is 1. The molecule has 3 rings (SSSR count). The van der Waals surface area contributed by atoms with E-state index in [-0.39, 0.29) is 0 Å². The number of rotatable bonds is 9. The maximum Gasteiger partial charge on any atom is 0.407 e. The first-order valence-electron chi connectivity index (χ1n) is 10.6. The summed E-state index contributed by atoms with van der Waals surface area (Å²) in [5.41, 5.74) is 4.11. The second-order valence-corrected chi connectivity index (χ2v) is 7.13. The van der Waals surface area contributed by atoms with Crippen LogP contribution >= 0.6 is 0 Å². The summed E-state index contributed by atoms with van der Waals surface area (Å²) in [6, 6.07) is 12.2. The zero-order chi connectivity index (χ0) is 21.9. The Labute approximate surface area is 183 Å². The molecule has 1 amide bonds. The van der Waals surface area contributed by atoms with Crippen molar-refractivity contribution in [2.45, 2.75) is 20.4 Å². The van der Waals surface area contributed by atoms with Gasteiger partial charge in [0.15, 0.2) is 0 Å². The molecule has 1 aromatic heterocycles. The molecule has 0 bridgehead atoms. The first-order chi connectivity index (χ1) is 15.1. The average Bonchev–Trinajstić information content (AvgIpc) is 2.77. The quantitative estimate of drug-likeness (QED) is 0.490.